The second kappa shape index (κ2) is 24.1. The van der Waals surface area contributed by atoms with Crippen molar-refractivity contribution in [2.24, 2.45) is 0 Å². The molecule has 0 amide bonds. The first-order chi connectivity index (χ1) is 14.7. The average Bonchev–Trinajstić information content (AvgIpc) is 2.74. The third kappa shape index (κ3) is 23.1. The Balaban J connectivity index is 3.28. The van der Waals surface area contributed by atoms with E-state index in [0.717, 1.165) is 51.7 Å². The molecule has 0 aliphatic carbocycles. The molecule has 0 aromatic heterocycles. The van der Waals surface area contributed by atoms with E-state index >= 15 is 0 Å². The zero-order chi connectivity index (χ0) is 22.1. The van der Waals surface area contributed by atoms with E-state index in [1.54, 1.807) is 0 Å². The molecule has 0 N–H and O–H groups in total. The molecule has 0 aromatic carbocycles. The first kappa shape index (κ1) is 28.8. The van der Waals surface area contributed by atoms with Crippen LogP contribution in [0.5, 0.6) is 0 Å². The molecule has 0 aromatic rings. The Labute approximate surface area is 181 Å². The molecule has 30 heavy (non-hydrogen) atoms. The molecule has 0 aliphatic rings. The summed E-state index contributed by atoms with van der Waals surface area (Å²) in [4.78, 5) is 23.2. The third-order valence-electron chi connectivity index (χ3n) is 3.93. The van der Waals surface area contributed by atoms with Crippen LogP contribution in [0.4, 0.5) is 0 Å². The van der Waals surface area contributed by atoms with Crippen LogP contribution in [0, 0.1) is 0 Å². The van der Waals surface area contributed by atoms with Crippen LogP contribution in [0.15, 0.2) is 0 Å². The quantitative estimate of drug-likeness (QED) is 0.179. The highest BCUT2D eigenvalue weighted by molar-refractivity contribution is 5.69. The van der Waals surface area contributed by atoms with Gasteiger partial charge in [-0.1, -0.05) is 26.7 Å². The number of rotatable bonds is 23. The minimum Gasteiger partial charge on any atom is -0.463 e. The molecule has 0 rings (SSSR count). The van der Waals surface area contributed by atoms with E-state index in [2.05, 4.69) is 13.8 Å². The number of carbonyl (C=O) groups is 2. The first-order valence-corrected chi connectivity index (χ1v) is 11.3. The molecule has 0 aliphatic heterocycles. The highest BCUT2D eigenvalue weighted by Gasteiger charge is 2.05. The lowest BCUT2D eigenvalue weighted by Gasteiger charge is -2.07. The van der Waals surface area contributed by atoms with Gasteiger partial charge in [-0.15, -0.1) is 0 Å². The summed E-state index contributed by atoms with van der Waals surface area (Å²) in [6.07, 6.45) is 6.05. The molecule has 0 heterocycles. The van der Waals surface area contributed by atoms with Gasteiger partial charge in [-0.05, 0) is 25.7 Å². The Morgan fingerprint density at radius 2 is 0.800 bits per heavy atom. The van der Waals surface area contributed by atoms with Crippen molar-refractivity contribution in [1.82, 2.24) is 0 Å². The molecule has 0 radical (unpaired) electrons. The van der Waals surface area contributed by atoms with Gasteiger partial charge >= 0.3 is 11.9 Å². The van der Waals surface area contributed by atoms with Crippen LogP contribution < -0.4 is 0 Å². The topological polar surface area (TPSA) is 89.5 Å². The predicted molar refractivity (Wildman–Crippen MR) is 113 cm³/mol. The first-order valence-electron chi connectivity index (χ1n) is 11.3. The number of carbonyl (C=O) groups excluding carboxylic acids is 2. The van der Waals surface area contributed by atoms with Crippen molar-refractivity contribution in [2.75, 3.05) is 66.1 Å². The second-order valence-electron chi connectivity index (χ2n) is 6.80. The summed E-state index contributed by atoms with van der Waals surface area (Å²) in [5.41, 5.74) is 0. The molecule has 8 heteroatoms. The molecule has 0 atom stereocenters. The lowest BCUT2D eigenvalue weighted by atomic mass is 10.1. The van der Waals surface area contributed by atoms with Gasteiger partial charge in [-0.2, -0.15) is 0 Å². The van der Waals surface area contributed by atoms with E-state index in [4.69, 9.17) is 28.4 Å². The van der Waals surface area contributed by atoms with Gasteiger partial charge in [0.25, 0.3) is 0 Å². The van der Waals surface area contributed by atoms with Crippen molar-refractivity contribution in [3.8, 4) is 0 Å². The van der Waals surface area contributed by atoms with Crippen molar-refractivity contribution in [1.29, 1.82) is 0 Å². The molecular weight excluding hydrogens is 392 g/mol. The van der Waals surface area contributed by atoms with Gasteiger partial charge in [-0.3, -0.25) is 9.59 Å². The van der Waals surface area contributed by atoms with Gasteiger partial charge in [-0.25, -0.2) is 0 Å². The van der Waals surface area contributed by atoms with Gasteiger partial charge in [0.05, 0.1) is 39.6 Å². The fraction of sp³-hybridized carbons (Fsp3) is 0.909. The maximum Gasteiger partial charge on any atom is 0.305 e. The molecule has 0 saturated heterocycles. The smallest absolute Gasteiger partial charge is 0.305 e. The van der Waals surface area contributed by atoms with Crippen LogP contribution in [0.3, 0.4) is 0 Å². The van der Waals surface area contributed by atoms with Crippen LogP contribution >= 0.6 is 0 Å². The summed E-state index contributed by atoms with van der Waals surface area (Å²) in [6.45, 7) is 9.08. The SMILES string of the molecule is CCCOCCOCCOC(=O)CCCCCCC(=O)OCCOCCOCCC. The molecule has 0 saturated carbocycles. The molecule has 0 spiro atoms. The van der Waals surface area contributed by atoms with Gasteiger partial charge in [0.1, 0.15) is 13.2 Å². The standard InChI is InChI=1S/C22H42O8/c1-3-11-25-13-15-27-17-19-29-21(23)9-7-5-6-8-10-22(24)30-20-18-28-16-14-26-12-4-2/h3-20H2,1-2H3. The molecule has 0 bridgehead atoms. The van der Waals surface area contributed by atoms with Crippen molar-refractivity contribution in [3.63, 3.8) is 0 Å². The lowest BCUT2D eigenvalue weighted by molar-refractivity contribution is -0.146. The summed E-state index contributed by atoms with van der Waals surface area (Å²) in [7, 11) is 0. The van der Waals surface area contributed by atoms with Crippen LogP contribution in [-0.2, 0) is 38.0 Å². The molecule has 178 valence electrons. The number of unbranched alkanes of at least 4 members (excludes halogenated alkanes) is 3. The third-order valence-corrected chi connectivity index (χ3v) is 3.93. The summed E-state index contributed by atoms with van der Waals surface area (Å²) in [5.74, 6) is -0.416. The van der Waals surface area contributed by atoms with Crippen LogP contribution in [0.2, 0.25) is 0 Å². The number of hydrogen-bond donors (Lipinski definition) is 0. The summed E-state index contributed by atoms with van der Waals surface area (Å²) >= 11 is 0. The molecular formula is C22H42O8. The number of esters is 2. The maximum atomic E-state index is 11.6. The molecule has 0 fully saturated rings. The fourth-order valence-corrected chi connectivity index (χ4v) is 2.40. The predicted octanol–water partition coefficient (Wildman–Crippen LogP) is 3.30. The normalized spacial score (nSPS) is 10.9. The zero-order valence-corrected chi connectivity index (χ0v) is 19.0. The van der Waals surface area contributed by atoms with Crippen molar-refractivity contribution < 1.29 is 38.0 Å². The highest BCUT2D eigenvalue weighted by Crippen LogP contribution is 2.07. The van der Waals surface area contributed by atoms with E-state index in [9.17, 15) is 9.59 Å². The summed E-state index contributed by atoms with van der Waals surface area (Å²) in [5, 5.41) is 0. The van der Waals surface area contributed by atoms with Crippen LogP contribution in [0.1, 0.15) is 65.2 Å². The Kier molecular flexibility index (Phi) is 23.1. The Hall–Kier alpha value is -1.22. The van der Waals surface area contributed by atoms with Crippen molar-refractivity contribution in [2.45, 2.75) is 65.2 Å². The Morgan fingerprint density at radius 3 is 1.17 bits per heavy atom. The van der Waals surface area contributed by atoms with Gasteiger partial charge in [0.2, 0.25) is 0 Å². The monoisotopic (exact) mass is 434 g/mol. The molecule has 0 unspecified atom stereocenters. The van der Waals surface area contributed by atoms with Crippen molar-refractivity contribution >= 4 is 11.9 Å². The zero-order valence-electron chi connectivity index (χ0n) is 19.0. The largest absolute Gasteiger partial charge is 0.463 e. The van der Waals surface area contributed by atoms with Gasteiger partial charge < -0.3 is 28.4 Å². The summed E-state index contributed by atoms with van der Waals surface area (Å²) in [6, 6.07) is 0. The average molecular weight is 435 g/mol. The van der Waals surface area contributed by atoms with Crippen LogP contribution in [0.25, 0.3) is 0 Å². The summed E-state index contributed by atoms with van der Waals surface area (Å²) < 4.78 is 31.4. The highest BCUT2D eigenvalue weighted by atomic mass is 16.6. The van der Waals surface area contributed by atoms with Crippen LogP contribution in [-0.4, -0.2) is 78.0 Å². The fourth-order valence-electron chi connectivity index (χ4n) is 2.40. The van der Waals surface area contributed by atoms with E-state index in [1.807, 2.05) is 0 Å². The van der Waals surface area contributed by atoms with Gasteiger partial charge in [0, 0.05) is 26.1 Å². The number of hydrogen-bond acceptors (Lipinski definition) is 8. The van der Waals surface area contributed by atoms with Crippen molar-refractivity contribution in [3.05, 3.63) is 0 Å². The number of ether oxygens (including phenoxy) is 6. The minimum absolute atomic E-state index is 0.208. The van der Waals surface area contributed by atoms with E-state index in [-0.39, 0.29) is 25.2 Å². The second-order valence-corrected chi connectivity index (χ2v) is 6.80. The van der Waals surface area contributed by atoms with E-state index in [0.29, 0.717) is 52.5 Å². The maximum absolute atomic E-state index is 11.6. The van der Waals surface area contributed by atoms with E-state index in [1.165, 1.54) is 0 Å². The van der Waals surface area contributed by atoms with Gasteiger partial charge in [0.15, 0.2) is 0 Å². The van der Waals surface area contributed by atoms with E-state index < -0.39 is 0 Å². The Bertz CT molecular complexity index is 353. The minimum atomic E-state index is -0.208. The lowest BCUT2D eigenvalue weighted by Crippen LogP contribution is -2.13. The molecule has 8 nitrogen and oxygen atoms in total. The Morgan fingerprint density at radius 1 is 0.467 bits per heavy atom.